The highest BCUT2D eigenvalue weighted by Crippen LogP contribution is 2.25. The molecule has 0 fully saturated rings. The van der Waals surface area contributed by atoms with Gasteiger partial charge >= 0.3 is 24.3 Å². The quantitative estimate of drug-likeness (QED) is 0.274. The largest absolute Gasteiger partial charge is 0.490 e. The van der Waals surface area contributed by atoms with E-state index in [9.17, 15) is 31.1 Å². The third-order valence-electron chi connectivity index (χ3n) is 4.42. The Morgan fingerprint density at radius 3 is 1.74 bits per heavy atom. The number of carboxylic acid groups (broad SMARTS) is 2. The second kappa shape index (κ2) is 11.9. The Hall–Kier alpha value is -4.95. The van der Waals surface area contributed by atoms with Crippen molar-refractivity contribution < 1.29 is 50.9 Å². The summed E-state index contributed by atoms with van der Waals surface area (Å²) in [6, 6.07) is 17.3. The number of fused-ring (bicyclic) bond motifs is 1. The van der Waals surface area contributed by atoms with Crippen molar-refractivity contribution in [3.8, 4) is 22.5 Å². The lowest BCUT2D eigenvalue weighted by molar-refractivity contribution is -0.193. The molecule has 0 saturated carbocycles. The van der Waals surface area contributed by atoms with E-state index in [4.69, 9.17) is 25.5 Å². The maximum atomic E-state index is 11.5. The molecular weight excluding hydrogens is 526 g/mol. The molecule has 15 heteroatoms. The molecule has 5 N–H and O–H groups in total. The molecule has 0 aliphatic heterocycles. The maximum absolute atomic E-state index is 11.5. The number of carboxylic acids is 2. The summed E-state index contributed by atoms with van der Waals surface area (Å²) in [6.07, 6.45) is -6.59. The molecule has 0 aliphatic rings. The normalized spacial score (nSPS) is 11.0. The first-order valence-corrected chi connectivity index (χ1v) is 10.0. The van der Waals surface area contributed by atoms with Crippen molar-refractivity contribution in [3.05, 3.63) is 72.6 Å². The van der Waals surface area contributed by atoms with Gasteiger partial charge in [-0.25, -0.2) is 14.6 Å². The van der Waals surface area contributed by atoms with E-state index in [-0.39, 0.29) is 0 Å². The summed E-state index contributed by atoms with van der Waals surface area (Å²) in [5, 5.41) is 14.2. The van der Waals surface area contributed by atoms with E-state index < -0.39 is 30.2 Å². The van der Waals surface area contributed by atoms with E-state index in [1.54, 1.807) is 18.3 Å². The monoisotopic (exact) mass is 542 g/mol. The van der Waals surface area contributed by atoms with E-state index in [0.717, 1.165) is 22.2 Å². The van der Waals surface area contributed by atoms with Crippen LogP contribution in [0, 0.1) is 0 Å². The number of benzene rings is 2. The molecule has 2 aromatic heterocycles. The number of aromatic nitrogens is 3. The third kappa shape index (κ3) is 8.04. The zero-order valence-corrected chi connectivity index (χ0v) is 18.7. The molecule has 38 heavy (non-hydrogen) atoms. The van der Waals surface area contributed by atoms with Crippen LogP contribution >= 0.6 is 0 Å². The number of alkyl halides is 6. The van der Waals surface area contributed by atoms with E-state index in [1.165, 1.54) is 0 Å². The van der Waals surface area contributed by atoms with Crippen molar-refractivity contribution in [2.75, 3.05) is 0 Å². The number of hydrogen-bond donors (Lipinski definition) is 4. The fourth-order valence-electron chi connectivity index (χ4n) is 2.72. The number of hydrogen-bond acceptors (Lipinski definition) is 5. The lowest BCUT2D eigenvalue weighted by Gasteiger charge is -2.02. The summed E-state index contributed by atoms with van der Waals surface area (Å²) >= 11 is 0. The number of nitrogens with zero attached hydrogens (tertiary/aromatic N) is 2. The molecule has 0 unspecified atom stereocenters. The number of halogens is 6. The number of nitrogens with one attached hydrogen (secondary N) is 1. The van der Waals surface area contributed by atoms with Crippen molar-refractivity contribution in [2.24, 2.45) is 5.73 Å². The van der Waals surface area contributed by atoms with Crippen LogP contribution in [0.15, 0.2) is 67.0 Å². The molecular formula is C23H16F6N4O5. The number of H-pyrrole nitrogens is 1. The minimum atomic E-state index is -5.08. The molecule has 0 atom stereocenters. The van der Waals surface area contributed by atoms with Gasteiger partial charge < -0.3 is 20.9 Å². The summed E-state index contributed by atoms with van der Waals surface area (Å²) < 4.78 is 63.5. The van der Waals surface area contributed by atoms with Gasteiger partial charge in [0.05, 0.1) is 11.1 Å². The maximum Gasteiger partial charge on any atom is 0.490 e. The molecule has 9 nitrogen and oxygen atoms in total. The van der Waals surface area contributed by atoms with Gasteiger partial charge in [-0.3, -0.25) is 9.78 Å². The second-order valence-electron chi connectivity index (χ2n) is 7.08. The minimum absolute atomic E-state index is 0.419. The zero-order chi connectivity index (χ0) is 28.7. The van der Waals surface area contributed by atoms with Gasteiger partial charge in [-0.1, -0.05) is 36.4 Å². The van der Waals surface area contributed by atoms with Crippen LogP contribution in [0.1, 0.15) is 10.4 Å². The standard InChI is InChI=1S/C19H14N4O.2C2HF3O2/c20-18(24)15-4-1-5-16-17(15)23-19(22-16)13-8-6-12(7-9-13)14-3-2-10-21-11-14;2*3-2(4,5)1(6)7/h1-11H,(H2,20,24)(H,22,23);2*(H,6,7). The Bertz CT molecular complexity index is 1390. The Morgan fingerprint density at radius 1 is 0.763 bits per heavy atom. The summed E-state index contributed by atoms with van der Waals surface area (Å²) in [5.41, 5.74) is 10.3. The van der Waals surface area contributed by atoms with Gasteiger partial charge in [0, 0.05) is 18.0 Å². The highest BCUT2D eigenvalue weighted by Gasteiger charge is 2.38. The molecule has 0 bridgehead atoms. The third-order valence-corrected chi connectivity index (χ3v) is 4.42. The fourth-order valence-corrected chi connectivity index (χ4v) is 2.72. The van der Waals surface area contributed by atoms with Crippen LogP contribution < -0.4 is 5.73 Å². The molecule has 1 amide bonds. The number of rotatable bonds is 3. The number of carbonyl (C=O) groups is 3. The molecule has 4 rings (SSSR count). The van der Waals surface area contributed by atoms with Gasteiger partial charge in [-0.15, -0.1) is 0 Å². The van der Waals surface area contributed by atoms with Crippen LogP contribution in [0.5, 0.6) is 0 Å². The Balaban J connectivity index is 0.000000301. The zero-order valence-electron chi connectivity index (χ0n) is 18.7. The van der Waals surface area contributed by atoms with Gasteiger partial charge in [-0.05, 0) is 29.3 Å². The van der Waals surface area contributed by atoms with Crippen molar-refractivity contribution in [3.63, 3.8) is 0 Å². The SMILES string of the molecule is NC(=O)c1cccc2[nH]c(-c3ccc(-c4cccnc4)cc3)nc12.O=C(O)C(F)(F)F.O=C(O)C(F)(F)F. The predicted octanol–water partition coefficient (Wildman–Crippen LogP) is 4.66. The molecule has 0 spiro atoms. The molecule has 0 saturated heterocycles. The molecule has 4 aromatic rings. The van der Waals surface area contributed by atoms with Crippen molar-refractivity contribution in [2.45, 2.75) is 12.4 Å². The van der Waals surface area contributed by atoms with Crippen LogP contribution in [0.25, 0.3) is 33.5 Å². The first-order valence-electron chi connectivity index (χ1n) is 10.0. The van der Waals surface area contributed by atoms with Gasteiger partial charge in [0.15, 0.2) is 0 Å². The van der Waals surface area contributed by atoms with Crippen LogP contribution in [-0.4, -0.2) is 55.4 Å². The Morgan fingerprint density at radius 2 is 1.29 bits per heavy atom. The van der Waals surface area contributed by atoms with E-state index in [1.807, 2.05) is 48.7 Å². The number of aromatic amines is 1. The first-order chi connectivity index (χ1) is 17.6. The van der Waals surface area contributed by atoms with E-state index >= 15 is 0 Å². The van der Waals surface area contributed by atoms with Crippen molar-refractivity contribution >= 4 is 28.9 Å². The highest BCUT2D eigenvalue weighted by atomic mass is 19.4. The molecule has 0 radical (unpaired) electrons. The lowest BCUT2D eigenvalue weighted by Crippen LogP contribution is -2.21. The van der Waals surface area contributed by atoms with Crippen molar-refractivity contribution in [1.29, 1.82) is 0 Å². The Labute approximate surface area is 208 Å². The Kier molecular flexibility index (Phi) is 9.14. The van der Waals surface area contributed by atoms with Gasteiger partial charge in [0.25, 0.3) is 5.91 Å². The molecule has 0 aliphatic carbocycles. The van der Waals surface area contributed by atoms with Crippen LogP contribution in [0.3, 0.4) is 0 Å². The lowest BCUT2D eigenvalue weighted by atomic mass is 10.1. The number of pyridine rings is 1. The number of para-hydroxylation sites is 1. The number of carbonyl (C=O) groups excluding carboxylic acids is 1. The van der Waals surface area contributed by atoms with Crippen molar-refractivity contribution in [1.82, 2.24) is 15.0 Å². The molecule has 2 aromatic carbocycles. The number of amides is 1. The number of nitrogens with two attached hydrogens (primary N) is 1. The topological polar surface area (TPSA) is 159 Å². The van der Waals surface area contributed by atoms with E-state index in [2.05, 4.69) is 15.0 Å². The van der Waals surface area contributed by atoms with Gasteiger partial charge in [0.1, 0.15) is 11.3 Å². The van der Waals surface area contributed by atoms with Crippen LogP contribution in [0.2, 0.25) is 0 Å². The fraction of sp³-hybridized carbons (Fsp3) is 0.0870. The predicted molar refractivity (Wildman–Crippen MR) is 121 cm³/mol. The summed E-state index contributed by atoms with van der Waals surface area (Å²) in [7, 11) is 0. The molecule has 200 valence electrons. The minimum Gasteiger partial charge on any atom is -0.475 e. The average Bonchev–Trinajstić information content (AvgIpc) is 3.29. The first kappa shape index (κ1) is 29.3. The number of primary amides is 1. The summed E-state index contributed by atoms with van der Waals surface area (Å²) in [4.78, 5) is 41.2. The van der Waals surface area contributed by atoms with Crippen LogP contribution in [0.4, 0.5) is 26.3 Å². The van der Waals surface area contributed by atoms with E-state index in [0.29, 0.717) is 16.9 Å². The number of imidazole rings is 1. The van der Waals surface area contributed by atoms with Gasteiger partial charge in [-0.2, -0.15) is 26.3 Å². The summed E-state index contributed by atoms with van der Waals surface area (Å²) in [5.74, 6) is -5.29. The van der Waals surface area contributed by atoms with Crippen LogP contribution in [-0.2, 0) is 9.59 Å². The smallest absolute Gasteiger partial charge is 0.475 e. The average molecular weight is 542 g/mol. The highest BCUT2D eigenvalue weighted by molar-refractivity contribution is 6.04. The van der Waals surface area contributed by atoms with Gasteiger partial charge in [0.2, 0.25) is 0 Å². The summed E-state index contributed by atoms with van der Waals surface area (Å²) in [6.45, 7) is 0. The second-order valence-corrected chi connectivity index (χ2v) is 7.08. The number of aliphatic carboxylic acids is 2. The molecule has 2 heterocycles.